The van der Waals surface area contributed by atoms with Crippen molar-refractivity contribution in [1.82, 2.24) is 0 Å². The minimum absolute atomic E-state index is 0.0534. The molecule has 2 rings (SSSR count). The minimum atomic E-state index is -4.10. The Morgan fingerprint density at radius 1 is 0.966 bits per heavy atom. The van der Waals surface area contributed by atoms with Crippen LogP contribution in [-0.4, -0.2) is 30.5 Å². The Kier molecular flexibility index (Phi) is 8.22. The van der Waals surface area contributed by atoms with Crippen LogP contribution in [0.2, 0.25) is 5.02 Å². The number of carboxylic acids is 1. The maximum absolute atomic E-state index is 12.5. The molecule has 0 heterocycles. The van der Waals surface area contributed by atoms with E-state index in [1.165, 1.54) is 24.3 Å². The molecule has 2 aromatic carbocycles. The zero-order valence-corrected chi connectivity index (χ0v) is 17.7. The van der Waals surface area contributed by atoms with Crippen LogP contribution in [0.15, 0.2) is 48.5 Å². The summed E-state index contributed by atoms with van der Waals surface area (Å²) in [4.78, 5) is 23.9. The first-order valence-corrected chi connectivity index (χ1v) is 11.3. The zero-order chi connectivity index (χ0) is 21.4. The molecule has 0 aliphatic carbocycles. The highest BCUT2D eigenvalue weighted by Gasteiger charge is 2.32. The normalized spacial score (nSPS) is 12.3. The van der Waals surface area contributed by atoms with E-state index >= 15 is 0 Å². The summed E-state index contributed by atoms with van der Waals surface area (Å²) in [6, 6.07) is 12.3. The molecule has 0 fully saturated rings. The summed E-state index contributed by atoms with van der Waals surface area (Å²) in [6.45, 7) is 2.02. The number of carbonyl (C=O) groups excluding carboxylic acids is 1. The van der Waals surface area contributed by atoms with Crippen molar-refractivity contribution in [3.8, 4) is 0 Å². The van der Waals surface area contributed by atoms with Crippen molar-refractivity contribution in [3.63, 3.8) is 0 Å². The highest BCUT2D eigenvalue weighted by atomic mass is 35.5. The van der Waals surface area contributed by atoms with Gasteiger partial charge in [-0.15, -0.1) is 0 Å². The van der Waals surface area contributed by atoms with Gasteiger partial charge in [-0.05, 0) is 55.0 Å². The summed E-state index contributed by atoms with van der Waals surface area (Å²) in [5.41, 5.74) is 1.04. The molecule has 6 nitrogen and oxygen atoms in total. The van der Waals surface area contributed by atoms with Crippen LogP contribution in [0.25, 0.3) is 0 Å². The summed E-state index contributed by atoms with van der Waals surface area (Å²) >= 11 is 5.82. The van der Waals surface area contributed by atoms with Gasteiger partial charge in [0.05, 0.1) is 0 Å². The third-order valence-corrected chi connectivity index (χ3v) is 6.44. The lowest BCUT2D eigenvalue weighted by atomic mass is 10.0. The third kappa shape index (κ3) is 6.58. The van der Waals surface area contributed by atoms with Gasteiger partial charge in [-0.1, -0.05) is 44.2 Å². The van der Waals surface area contributed by atoms with Gasteiger partial charge in [-0.2, -0.15) is 0 Å². The van der Waals surface area contributed by atoms with E-state index in [0.29, 0.717) is 22.6 Å². The maximum atomic E-state index is 12.5. The standard InChI is InChI=1S/C21H24ClNO5S/c1-2-3-4-5-6-19(21(25)26)29(27,28)23-18-13-9-16(10-14-18)20(24)15-7-11-17(22)12-8-15/h7-14,19,23H,2-6H2,1H3,(H,25,26). The predicted molar refractivity (Wildman–Crippen MR) is 114 cm³/mol. The molecule has 156 valence electrons. The van der Waals surface area contributed by atoms with Gasteiger partial charge >= 0.3 is 5.97 Å². The van der Waals surface area contributed by atoms with Crippen molar-refractivity contribution in [1.29, 1.82) is 0 Å². The number of sulfonamides is 1. The second-order valence-corrected chi connectivity index (χ2v) is 9.04. The van der Waals surface area contributed by atoms with E-state index in [4.69, 9.17) is 11.6 Å². The van der Waals surface area contributed by atoms with E-state index in [2.05, 4.69) is 4.72 Å². The quantitative estimate of drug-likeness (QED) is 0.390. The van der Waals surface area contributed by atoms with E-state index in [1.807, 2.05) is 6.92 Å². The Bertz CT molecular complexity index is 940. The number of anilines is 1. The molecule has 0 saturated carbocycles. The van der Waals surface area contributed by atoms with E-state index in [-0.39, 0.29) is 17.9 Å². The number of benzene rings is 2. The molecule has 0 aromatic heterocycles. The molecule has 0 aliphatic rings. The number of hydrogen-bond acceptors (Lipinski definition) is 4. The molecule has 0 bridgehead atoms. The first kappa shape index (κ1) is 22.9. The molecule has 0 spiro atoms. The van der Waals surface area contributed by atoms with E-state index < -0.39 is 21.2 Å². The number of rotatable bonds is 11. The Balaban J connectivity index is 2.09. The van der Waals surface area contributed by atoms with Crippen molar-refractivity contribution in [2.24, 2.45) is 0 Å². The lowest BCUT2D eigenvalue weighted by molar-refractivity contribution is -0.136. The Morgan fingerprint density at radius 2 is 1.52 bits per heavy atom. The van der Waals surface area contributed by atoms with Crippen LogP contribution in [0, 0.1) is 0 Å². The number of nitrogens with one attached hydrogen (secondary N) is 1. The predicted octanol–water partition coefficient (Wildman–Crippen LogP) is 4.74. The van der Waals surface area contributed by atoms with Gasteiger partial charge < -0.3 is 5.11 Å². The molecule has 2 aromatic rings. The number of unbranched alkanes of at least 4 members (excludes halogenated alkanes) is 3. The molecule has 8 heteroatoms. The molecule has 1 atom stereocenters. The lowest BCUT2D eigenvalue weighted by Gasteiger charge is -2.15. The first-order chi connectivity index (χ1) is 13.7. The average Bonchev–Trinajstić information content (AvgIpc) is 2.67. The monoisotopic (exact) mass is 437 g/mol. The number of hydrogen-bond donors (Lipinski definition) is 2. The van der Waals surface area contributed by atoms with Gasteiger partial charge in [0.15, 0.2) is 11.0 Å². The van der Waals surface area contributed by atoms with Crippen LogP contribution >= 0.6 is 11.6 Å². The van der Waals surface area contributed by atoms with Crippen LogP contribution in [-0.2, 0) is 14.8 Å². The average molecular weight is 438 g/mol. The molecule has 1 unspecified atom stereocenters. The summed E-state index contributed by atoms with van der Waals surface area (Å²) in [5, 5.41) is 8.34. The van der Waals surface area contributed by atoms with Crippen LogP contribution in [0.1, 0.15) is 54.9 Å². The second kappa shape index (κ2) is 10.4. The van der Waals surface area contributed by atoms with Gasteiger partial charge in [-0.3, -0.25) is 14.3 Å². The molecule has 0 amide bonds. The lowest BCUT2D eigenvalue weighted by Crippen LogP contribution is -2.34. The van der Waals surface area contributed by atoms with Gasteiger partial charge in [0.2, 0.25) is 10.0 Å². The maximum Gasteiger partial charge on any atom is 0.323 e. The van der Waals surface area contributed by atoms with Gasteiger partial charge in [0.1, 0.15) is 0 Å². The Morgan fingerprint density at radius 3 is 2.03 bits per heavy atom. The first-order valence-electron chi connectivity index (χ1n) is 9.39. The van der Waals surface area contributed by atoms with Crippen LogP contribution in [0.3, 0.4) is 0 Å². The largest absolute Gasteiger partial charge is 0.480 e. The highest BCUT2D eigenvalue weighted by Crippen LogP contribution is 2.19. The zero-order valence-electron chi connectivity index (χ0n) is 16.1. The van der Waals surface area contributed by atoms with Gasteiger partial charge in [0.25, 0.3) is 0 Å². The van der Waals surface area contributed by atoms with Crippen LogP contribution in [0.4, 0.5) is 5.69 Å². The van der Waals surface area contributed by atoms with E-state index in [9.17, 15) is 23.1 Å². The Labute approximate surface area is 176 Å². The van der Waals surface area contributed by atoms with Crippen LogP contribution < -0.4 is 4.72 Å². The fourth-order valence-electron chi connectivity index (χ4n) is 2.86. The molecule has 0 aliphatic heterocycles. The Hall–Kier alpha value is -2.38. The van der Waals surface area contributed by atoms with Gasteiger partial charge in [-0.25, -0.2) is 8.42 Å². The molecule has 0 radical (unpaired) electrons. The number of carbonyl (C=O) groups is 2. The molecule has 29 heavy (non-hydrogen) atoms. The highest BCUT2D eigenvalue weighted by molar-refractivity contribution is 7.94. The number of aliphatic carboxylic acids is 1. The summed E-state index contributed by atoms with van der Waals surface area (Å²) < 4.78 is 27.3. The molecule has 2 N–H and O–H groups in total. The fraction of sp³-hybridized carbons (Fsp3) is 0.333. The minimum Gasteiger partial charge on any atom is -0.480 e. The van der Waals surface area contributed by atoms with E-state index in [1.54, 1.807) is 24.3 Å². The molecular formula is C21H24ClNO5S. The van der Waals surface area contributed by atoms with Crippen molar-refractivity contribution in [2.45, 2.75) is 44.3 Å². The molecule has 0 saturated heterocycles. The third-order valence-electron chi connectivity index (χ3n) is 4.48. The van der Waals surface area contributed by atoms with Crippen molar-refractivity contribution in [2.75, 3.05) is 4.72 Å². The van der Waals surface area contributed by atoms with Crippen molar-refractivity contribution >= 4 is 39.1 Å². The van der Waals surface area contributed by atoms with E-state index in [0.717, 1.165) is 19.3 Å². The smallest absolute Gasteiger partial charge is 0.323 e. The number of halogens is 1. The number of carboxylic acid groups (broad SMARTS) is 1. The van der Waals surface area contributed by atoms with Crippen LogP contribution in [0.5, 0.6) is 0 Å². The SMILES string of the molecule is CCCCCCC(C(=O)O)S(=O)(=O)Nc1ccc(C(=O)c2ccc(Cl)cc2)cc1. The fourth-order valence-corrected chi connectivity index (χ4v) is 4.34. The van der Waals surface area contributed by atoms with Crippen molar-refractivity contribution in [3.05, 3.63) is 64.7 Å². The number of ketones is 1. The topological polar surface area (TPSA) is 101 Å². The second-order valence-electron chi connectivity index (χ2n) is 6.74. The van der Waals surface area contributed by atoms with Gasteiger partial charge in [0, 0.05) is 21.8 Å². The van der Waals surface area contributed by atoms with Crippen molar-refractivity contribution < 1.29 is 23.1 Å². The summed E-state index contributed by atoms with van der Waals surface area (Å²) in [6.07, 6.45) is 3.28. The summed E-state index contributed by atoms with van der Waals surface area (Å²) in [5.74, 6) is -1.60. The summed E-state index contributed by atoms with van der Waals surface area (Å²) in [7, 11) is -4.10. The molecular weight excluding hydrogens is 414 g/mol.